The maximum Gasteiger partial charge on any atom is 0.270 e. The molecule has 3 aromatic rings. The van der Waals surface area contributed by atoms with Gasteiger partial charge >= 0.3 is 0 Å². The van der Waals surface area contributed by atoms with Gasteiger partial charge < -0.3 is 10.6 Å². The van der Waals surface area contributed by atoms with E-state index >= 15 is 0 Å². The molecule has 2 N–H and O–H groups in total. The van der Waals surface area contributed by atoms with E-state index in [0.717, 1.165) is 5.82 Å². The number of nitrogens with zero attached hydrogens (tertiary/aromatic N) is 5. The fraction of sp³-hybridized carbons (Fsp3) is 0.188. The van der Waals surface area contributed by atoms with Gasteiger partial charge in [0.25, 0.3) is 5.69 Å². The second-order valence-corrected chi connectivity index (χ2v) is 5.35. The van der Waals surface area contributed by atoms with Gasteiger partial charge in [-0.3, -0.25) is 14.8 Å². The van der Waals surface area contributed by atoms with Crippen molar-refractivity contribution in [2.75, 3.05) is 23.7 Å². The highest BCUT2D eigenvalue weighted by Gasteiger charge is 2.11. The number of rotatable bonds is 6. The minimum Gasteiger partial charge on any atom is -0.368 e. The molecular formula is C16H15N7O2. The van der Waals surface area contributed by atoms with Crippen LogP contribution in [0.4, 0.5) is 17.3 Å². The molecule has 0 saturated carbocycles. The number of fused-ring (bicyclic) bond motifs is 1. The lowest BCUT2D eigenvalue weighted by Gasteiger charge is -2.08. The summed E-state index contributed by atoms with van der Waals surface area (Å²) in [6, 6.07) is 9.82. The largest absolute Gasteiger partial charge is 0.368 e. The van der Waals surface area contributed by atoms with Gasteiger partial charge in [0.2, 0.25) is 0 Å². The van der Waals surface area contributed by atoms with E-state index in [4.69, 9.17) is 0 Å². The summed E-state index contributed by atoms with van der Waals surface area (Å²) in [7, 11) is 1.84. The summed E-state index contributed by atoms with van der Waals surface area (Å²) < 4.78 is 1.71. The molecule has 0 saturated heterocycles. The Morgan fingerprint density at radius 3 is 2.64 bits per heavy atom. The predicted molar refractivity (Wildman–Crippen MR) is 93.3 cm³/mol. The van der Waals surface area contributed by atoms with Crippen LogP contribution in [0.5, 0.6) is 0 Å². The van der Waals surface area contributed by atoms with Gasteiger partial charge in [-0.15, -0.1) is 0 Å². The molecule has 126 valence electrons. The van der Waals surface area contributed by atoms with E-state index in [2.05, 4.69) is 26.8 Å². The summed E-state index contributed by atoms with van der Waals surface area (Å²) in [4.78, 5) is 14.8. The van der Waals surface area contributed by atoms with E-state index in [1.807, 2.05) is 19.3 Å². The third-order valence-electron chi connectivity index (χ3n) is 3.57. The van der Waals surface area contributed by atoms with E-state index in [-0.39, 0.29) is 5.69 Å². The average molecular weight is 337 g/mol. The first kappa shape index (κ1) is 16.2. The summed E-state index contributed by atoms with van der Waals surface area (Å²) in [6.07, 6.45) is 1.85. The highest BCUT2D eigenvalue weighted by atomic mass is 16.6. The Morgan fingerprint density at radius 1 is 1.24 bits per heavy atom. The standard InChI is InChI=1S/C16H15N7O2/c1-22-7-4-15(21-22)18-5-6-19-16-8-11(10-17)13-9-12(23(24)25)2-3-14(13)20-16/h2-4,7-9H,5-6H2,1H3,(H,18,21)(H,19,20). The van der Waals surface area contributed by atoms with E-state index in [0.29, 0.717) is 35.4 Å². The zero-order valence-electron chi connectivity index (χ0n) is 13.4. The molecule has 0 amide bonds. The lowest BCUT2D eigenvalue weighted by molar-refractivity contribution is -0.384. The van der Waals surface area contributed by atoms with Gasteiger partial charge in [0.15, 0.2) is 0 Å². The number of anilines is 2. The first-order chi connectivity index (χ1) is 12.1. The number of aromatic nitrogens is 3. The number of aryl methyl sites for hydroxylation is 1. The number of pyridine rings is 1. The Bertz CT molecular complexity index is 974. The van der Waals surface area contributed by atoms with Crippen LogP contribution in [0.15, 0.2) is 36.5 Å². The molecule has 0 fully saturated rings. The molecule has 9 heteroatoms. The molecule has 1 aromatic carbocycles. The van der Waals surface area contributed by atoms with Gasteiger partial charge in [0.05, 0.1) is 22.1 Å². The molecular weight excluding hydrogens is 322 g/mol. The van der Waals surface area contributed by atoms with Gasteiger partial charge in [0, 0.05) is 49.9 Å². The van der Waals surface area contributed by atoms with Gasteiger partial charge in [-0.05, 0) is 12.1 Å². The third kappa shape index (κ3) is 3.64. The second-order valence-electron chi connectivity index (χ2n) is 5.35. The minimum absolute atomic E-state index is 0.0638. The molecule has 0 bridgehead atoms. The van der Waals surface area contributed by atoms with Crippen LogP contribution in [-0.4, -0.2) is 32.8 Å². The number of nitrogens with one attached hydrogen (secondary N) is 2. The van der Waals surface area contributed by atoms with E-state index < -0.39 is 4.92 Å². The Hall–Kier alpha value is -3.67. The molecule has 0 aliphatic rings. The molecule has 0 aliphatic heterocycles. The maximum atomic E-state index is 10.9. The van der Waals surface area contributed by atoms with Crippen LogP contribution in [-0.2, 0) is 7.05 Å². The highest BCUT2D eigenvalue weighted by Crippen LogP contribution is 2.24. The molecule has 0 radical (unpaired) electrons. The molecule has 0 unspecified atom stereocenters. The van der Waals surface area contributed by atoms with Crippen molar-refractivity contribution in [1.29, 1.82) is 5.26 Å². The van der Waals surface area contributed by atoms with Crippen LogP contribution in [0.1, 0.15) is 5.56 Å². The number of nitriles is 1. The molecule has 0 atom stereocenters. The Morgan fingerprint density at radius 2 is 2.00 bits per heavy atom. The van der Waals surface area contributed by atoms with Crippen molar-refractivity contribution >= 4 is 28.2 Å². The minimum atomic E-state index is -0.490. The number of hydrogen-bond donors (Lipinski definition) is 2. The van der Waals surface area contributed by atoms with Crippen LogP contribution < -0.4 is 10.6 Å². The summed E-state index contributed by atoms with van der Waals surface area (Å²) >= 11 is 0. The smallest absolute Gasteiger partial charge is 0.270 e. The molecule has 3 rings (SSSR count). The van der Waals surface area contributed by atoms with Crippen molar-refractivity contribution in [3.8, 4) is 6.07 Å². The van der Waals surface area contributed by atoms with Gasteiger partial charge in [0.1, 0.15) is 11.6 Å². The monoisotopic (exact) mass is 337 g/mol. The topological polar surface area (TPSA) is 122 Å². The quantitative estimate of drug-likeness (QED) is 0.402. The van der Waals surface area contributed by atoms with Crippen molar-refractivity contribution in [2.45, 2.75) is 0 Å². The van der Waals surface area contributed by atoms with Crippen LogP contribution in [0.25, 0.3) is 10.9 Å². The Labute approximate surface area is 143 Å². The Kier molecular flexibility index (Phi) is 4.43. The van der Waals surface area contributed by atoms with Crippen molar-refractivity contribution in [3.63, 3.8) is 0 Å². The summed E-state index contributed by atoms with van der Waals surface area (Å²) in [6.45, 7) is 1.20. The molecule has 0 spiro atoms. The fourth-order valence-corrected chi connectivity index (χ4v) is 2.40. The van der Waals surface area contributed by atoms with Gasteiger partial charge in [-0.25, -0.2) is 4.98 Å². The fourth-order valence-electron chi connectivity index (χ4n) is 2.40. The number of nitro groups is 1. The Balaban J connectivity index is 1.72. The lowest BCUT2D eigenvalue weighted by atomic mass is 10.1. The predicted octanol–water partition coefficient (Wildman–Crippen LogP) is 2.27. The van der Waals surface area contributed by atoms with Gasteiger partial charge in [-0.2, -0.15) is 10.4 Å². The van der Waals surface area contributed by atoms with Crippen LogP contribution in [0, 0.1) is 21.4 Å². The van der Waals surface area contributed by atoms with Crippen LogP contribution >= 0.6 is 0 Å². The van der Waals surface area contributed by atoms with Crippen molar-refractivity contribution in [1.82, 2.24) is 14.8 Å². The molecule has 2 heterocycles. The van der Waals surface area contributed by atoms with E-state index in [1.54, 1.807) is 16.8 Å². The SMILES string of the molecule is Cn1ccc(NCCNc2cc(C#N)c3cc([N+](=O)[O-])ccc3n2)n1. The zero-order chi connectivity index (χ0) is 17.8. The molecule has 9 nitrogen and oxygen atoms in total. The third-order valence-corrected chi connectivity index (χ3v) is 3.57. The van der Waals surface area contributed by atoms with Crippen molar-refractivity contribution < 1.29 is 4.92 Å². The van der Waals surface area contributed by atoms with Crippen molar-refractivity contribution in [2.24, 2.45) is 7.05 Å². The molecule has 2 aromatic heterocycles. The van der Waals surface area contributed by atoms with E-state index in [1.165, 1.54) is 12.1 Å². The second kappa shape index (κ2) is 6.84. The zero-order valence-corrected chi connectivity index (χ0v) is 13.4. The maximum absolute atomic E-state index is 10.9. The molecule has 0 aliphatic carbocycles. The van der Waals surface area contributed by atoms with Gasteiger partial charge in [-0.1, -0.05) is 0 Å². The first-order valence-corrected chi connectivity index (χ1v) is 7.53. The van der Waals surface area contributed by atoms with Crippen molar-refractivity contribution in [3.05, 3.63) is 52.2 Å². The first-order valence-electron chi connectivity index (χ1n) is 7.53. The number of hydrogen-bond acceptors (Lipinski definition) is 7. The summed E-state index contributed by atoms with van der Waals surface area (Å²) in [5.74, 6) is 1.32. The highest BCUT2D eigenvalue weighted by molar-refractivity contribution is 5.88. The normalized spacial score (nSPS) is 10.4. The number of benzene rings is 1. The molecule has 25 heavy (non-hydrogen) atoms. The number of nitro benzene ring substituents is 1. The summed E-state index contributed by atoms with van der Waals surface area (Å²) in [5.41, 5.74) is 0.810. The van der Waals surface area contributed by atoms with E-state index in [9.17, 15) is 15.4 Å². The lowest BCUT2D eigenvalue weighted by Crippen LogP contribution is -2.14. The summed E-state index contributed by atoms with van der Waals surface area (Å²) in [5, 5.41) is 31.2. The number of non-ortho nitro benzene ring substituents is 1. The average Bonchev–Trinajstić information content (AvgIpc) is 3.02. The van der Waals surface area contributed by atoms with Crippen LogP contribution in [0.2, 0.25) is 0 Å². The van der Waals surface area contributed by atoms with Crippen LogP contribution in [0.3, 0.4) is 0 Å².